The number of nitrogens with one attached hydrogen (secondary N) is 1. The second-order valence-corrected chi connectivity index (χ2v) is 7.29. The van der Waals surface area contributed by atoms with Gasteiger partial charge in [-0.2, -0.15) is 0 Å². The zero-order chi connectivity index (χ0) is 17.7. The van der Waals surface area contributed by atoms with Gasteiger partial charge in [0.1, 0.15) is 0 Å². The van der Waals surface area contributed by atoms with Crippen LogP contribution in [0.2, 0.25) is 5.02 Å². The first-order valence-electron chi connectivity index (χ1n) is 7.10. The Morgan fingerprint density at radius 1 is 1.25 bits per heavy atom. The Morgan fingerprint density at radius 2 is 1.92 bits per heavy atom. The summed E-state index contributed by atoms with van der Waals surface area (Å²) in [6.07, 6.45) is 3.02. The van der Waals surface area contributed by atoms with E-state index in [1.165, 1.54) is 30.3 Å². The van der Waals surface area contributed by atoms with Crippen LogP contribution < -0.4 is 4.72 Å². The second kappa shape index (κ2) is 7.65. The number of carboxylic acids is 1. The van der Waals surface area contributed by atoms with Crippen molar-refractivity contribution in [2.45, 2.75) is 11.3 Å². The van der Waals surface area contributed by atoms with Crippen LogP contribution >= 0.6 is 11.6 Å². The molecule has 1 aromatic heterocycles. The number of benzene rings is 1. The van der Waals surface area contributed by atoms with Crippen molar-refractivity contribution < 1.29 is 18.3 Å². The van der Waals surface area contributed by atoms with Gasteiger partial charge >= 0.3 is 5.97 Å². The third-order valence-electron chi connectivity index (χ3n) is 3.46. The molecule has 0 aliphatic rings. The van der Waals surface area contributed by atoms with Crippen LogP contribution in [-0.2, 0) is 28.3 Å². The molecule has 2 rings (SSSR count). The van der Waals surface area contributed by atoms with Crippen LogP contribution in [0.1, 0.15) is 11.4 Å². The lowest BCUT2D eigenvalue weighted by Gasteiger charge is -2.08. The highest BCUT2D eigenvalue weighted by atomic mass is 35.5. The summed E-state index contributed by atoms with van der Waals surface area (Å²) in [4.78, 5) is 10.7. The van der Waals surface area contributed by atoms with Gasteiger partial charge in [0.05, 0.1) is 4.90 Å². The molecule has 0 atom stereocenters. The number of carbonyl (C=O) groups is 1. The molecule has 1 aromatic carbocycles. The smallest absolute Gasteiger partial charge is 0.328 e. The van der Waals surface area contributed by atoms with E-state index in [2.05, 4.69) is 4.72 Å². The molecule has 8 heteroatoms. The number of nitrogens with zero attached hydrogens (tertiary/aromatic N) is 1. The molecular formula is C16H17ClN2O4S. The molecule has 0 unspecified atom stereocenters. The van der Waals surface area contributed by atoms with Crippen molar-refractivity contribution in [2.75, 3.05) is 6.54 Å². The standard InChI is InChI=1S/C16H17ClN2O4S/c1-19-13(6-9-16(20)21)4-5-14(19)10-11-18-24(22,23)15-7-2-12(17)3-8-15/h2-9,18H,10-11H2,1H3,(H,20,21)/b9-6+. The van der Waals surface area contributed by atoms with Gasteiger partial charge in [-0.3, -0.25) is 0 Å². The molecule has 0 aliphatic heterocycles. The third-order valence-corrected chi connectivity index (χ3v) is 5.19. The Morgan fingerprint density at radius 3 is 2.54 bits per heavy atom. The van der Waals surface area contributed by atoms with Crippen LogP contribution in [-0.4, -0.2) is 30.6 Å². The number of aliphatic carboxylic acids is 1. The van der Waals surface area contributed by atoms with Gasteiger partial charge in [-0.15, -0.1) is 0 Å². The summed E-state index contributed by atoms with van der Waals surface area (Å²) in [6, 6.07) is 9.55. The van der Waals surface area contributed by atoms with Gasteiger partial charge < -0.3 is 9.67 Å². The Hall–Kier alpha value is -2.09. The van der Waals surface area contributed by atoms with Crippen LogP contribution in [0.4, 0.5) is 0 Å². The SMILES string of the molecule is Cn1c(/C=C/C(=O)O)ccc1CCNS(=O)(=O)c1ccc(Cl)cc1. The first-order valence-corrected chi connectivity index (χ1v) is 8.96. The van der Waals surface area contributed by atoms with Crippen LogP contribution in [0.25, 0.3) is 6.08 Å². The average Bonchev–Trinajstić information content (AvgIpc) is 2.86. The number of aromatic nitrogens is 1. The monoisotopic (exact) mass is 368 g/mol. The maximum Gasteiger partial charge on any atom is 0.328 e. The van der Waals surface area contributed by atoms with Crippen LogP contribution in [0.15, 0.2) is 47.4 Å². The molecule has 0 fully saturated rings. The number of halogens is 1. The summed E-state index contributed by atoms with van der Waals surface area (Å²) < 4.78 is 28.7. The molecular weight excluding hydrogens is 352 g/mol. The fourth-order valence-corrected chi connectivity index (χ4v) is 3.31. The van der Waals surface area contributed by atoms with Crippen molar-refractivity contribution in [3.05, 3.63) is 58.9 Å². The quantitative estimate of drug-likeness (QED) is 0.734. The van der Waals surface area contributed by atoms with Gasteiger partial charge in [0.2, 0.25) is 10.0 Å². The fourth-order valence-electron chi connectivity index (χ4n) is 2.16. The average molecular weight is 369 g/mol. The van der Waals surface area contributed by atoms with E-state index in [9.17, 15) is 13.2 Å². The van der Waals surface area contributed by atoms with Crippen molar-refractivity contribution in [3.8, 4) is 0 Å². The number of rotatable bonds is 7. The minimum Gasteiger partial charge on any atom is -0.478 e. The van der Waals surface area contributed by atoms with E-state index in [4.69, 9.17) is 16.7 Å². The van der Waals surface area contributed by atoms with E-state index in [1.54, 1.807) is 13.1 Å². The topological polar surface area (TPSA) is 88.4 Å². The molecule has 1 heterocycles. The third kappa shape index (κ3) is 4.70. The van der Waals surface area contributed by atoms with Gasteiger partial charge in [0.15, 0.2) is 0 Å². The van der Waals surface area contributed by atoms with Gasteiger partial charge in [0.25, 0.3) is 0 Å². The largest absolute Gasteiger partial charge is 0.478 e. The van der Waals surface area contributed by atoms with Gasteiger partial charge in [-0.1, -0.05) is 11.6 Å². The maximum atomic E-state index is 12.2. The van der Waals surface area contributed by atoms with E-state index in [-0.39, 0.29) is 11.4 Å². The van der Waals surface area contributed by atoms with E-state index in [1.807, 2.05) is 10.6 Å². The lowest BCUT2D eigenvalue weighted by Crippen LogP contribution is -2.26. The van der Waals surface area contributed by atoms with Gasteiger partial charge in [0, 0.05) is 42.5 Å². The van der Waals surface area contributed by atoms with E-state index in [0.717, 1.165) is 17.5 Å². The summed E-state index contributed by atoms with van der Waals surface area (Å²) in [5.74, 6) is -1.02. The zero-order valence-corrected chi connectivity index (χ0v) is 14.5. The summed E-state index contributed by atoms with van der Waals surface area (Å²) in [5.41, 5.74) is 1.62. The molecule has 128 valence electrons. The Kier molecular flexibility index (Phi) is 5.82. The summed E-state index contributed by atoms with van der Waals surface area (Å²) in [6.45, 7) is 0.227. The van der Waals surface area contributed by atoms with Crippen LogP contribution in [0.3, 0.4) is 0 Å². The van der Waals surface area contributed by atoms with E-state index >= 15 is 0 Å². The summed E-state index contributed by atoms with van der Waals surface area (Å²) in [7, 11) is -1.79. The van der Waals surface area contributed by atoms with E-state index in [0.29, 0.717) is 11.4 Å². The molecule has 2 N–H and O–H groups in total. The molecule has 0 spiro atoms. The first kappa shape index (κ1) is 18.3. The fraction of sp³-hybridized carbons (Fsp3) is 0.188. The lowest BCUT2D eigenvalue weighted by molar-refractivity contribution is -0.131. The second-order valence-electron chi connectivity index (χ2n) is 5.08. The van der Waals surface area contributed by atoms with Crippen molar-refractivity contribution in [1.82, 2.24) is 9.29 Å². The Labute approximate surface area is 145 Å². The molecule has 2 aromatic rings. The number of carboxylic acid groups (broad SMARTS) is 1. The zero-order valence-electron chi connectivity index (χ0n) is 12.9. The summed E-state index contributed by atoms with van der Waals surface area (Å²) >= 11 is 5.75. The number of hydrogen-bond acceptors (Lipinski definition) is 3. The molecule has 0 radical (unpaired) electrons. The minimum atomic E-state index is -3.58. The normalized spacial score (nSPS) is 11.9. The molecule has 6 nitrogen and oxygen atoms in total. The molecule has 0 saturated heterocycles. The predicted octanol–water partition coefficient (Wildman–Crippen LogP) is 2.30. The van der Waals surface area contributed by atoms with Gasteiger partial charge in [-0.05, 0) is 42.5 Å². The minimum absolute atomic E-state index is 0.156. The van der Waals surface area contributed by atoms with Gasteiger partial charge in [-0.25, -0.2) is 17.9 Å². The van der Waals surface area contributed by atoms with Crippen molar-refractivity contribution in [1.29, 1.82) is 0 Å². The van der Waals surface area contributed by atoms with E-state index < -0.39 is 16.0 Å². The highest BCUT2D eigenvalue weighted by Crippen LogP contribution is 2.14. The van der Waals surface area contributed by atoms with Crippen LogP contribution in [0, 0.1) is 0 Å². The summed E-state index contributed by atoms with van der Waals surface area (Å²) in [5, 5.41) is 9.12. The van der Waals surface area contributed by atoms with Crippen molar-refractivity contribution >= 4 is 33.7 Å². The number of hydrogen-bond donors (Lipinski definition) is 2. The highest BCUT2D eigenvalue weighted by Gasteiger charge is 2.13. The Balaban J connectivity index is 1.99. The molecule has 0 aliphatic carbocycles. The Bertz CT molecular complexity index is 855. The molecule has 0 saturated carbocycles. The predicted molar refractivity (Wildman–Crippen MR) is 92.4 cm³/mol. The highest BCUT2D eigenvalue weighted by molar-refractivity contribution is 7.89. The number of sulfonamides is 1. The van der Waals surface area contributed by atoms with Crippen molar-refractivity contribution in [3.63, 3.8) is 0 Å². The van der Waals surface area contributed by atoms with Crippen molar-refractivity contribution in [2.24, 2.45) is 7.05 Å². The molecule has 0 bridgehead atoms. The molecule has 24 heavy (non-hydrogen) atoms. The molecule has 0 amide bonds. The lowest BCUT2D eigenvalue weighted by atomic mass is 10.3. The maximum absolute atomic E-state index is 12.2. The van der Waals surface area contributed by atoms with Crippen LogP contribution in [0.5, 0.6) is 0 Å². The first-order chi connectivity index (χ1) is 11.3.